The zero-order chi connectivity index (χ0) is 29.1. The molecule has 0 bridgehead atoms. The minimum Gasteiger partial charge on any atom is -0.494 e. The van der Waals surface area contributed by atoms with Crippen LogP contribution in [-0.2, 0) is 20.9 Å². The second-order valence-electron chi connectivity index (χ2n) is 9.52. The molecule has 11 nitrogen and oxygen atoms in total. The van der Waals surface area contributed by atoms with Crippen LogP contribution in [-0.4, -0.2) is 58.8 Å². The number of amidine groups is 2. The number of anilines is 1. The van der Waals surface area contributed by atoms with E-state index in [0.717, 1.165) is 23.1 Å². The van der Waals surface area contributed by atoms with Gasteiger partial charge in [-0.15, -0.1) is 0 Å². The number of nitrogens with one attached hydrogen (secondary N) is 2. The first kappa shape index (κ1) is 27.3. The molecule has 0 aromatic heterocycles. The lowest BCUT2D eigenvalue weighted by Gasteiger charge is -2.25. The van der Waals surface area contributed by atoms with Gasteiger partial charge in [0.15, 0.2) is 16.7 Å². The van der Waals surface area contributed by atoms with Crippen LogP contribution in [0.5, 0.6) is 17.2 Å². The predicted octanol–water partition coefficient (Wildman–Crippen LogP) is 3.85. The van der Waals surface area contributed by atoms with Gasteiger partial charge in [-0.25, -0.2) is 9.89 Å². The molecule has 3 aliphatic rings. The van der Waals surface area contributed by atoms with E-state index in [0.29, 0.717) is 46.0 Å². The van der Waals surface area contributed by atoms with Gasteiger partial charge in [-0.2, -0.15) is 0 Å². The summed E-state index contributed by atoms with van der Waals surface area (Å²) in [7, 11) is 0. The van der Waals surface area contributed by atoms with E-state index in [2.05, 4.69) is 20.6 Å². The summed E-state index contributed by atoms with van der Waals surface area (Å²) in [6, 6.07) is 19.0. The standard InChI is InChI=1S/C30H27N5O6S/c1-2-39-20-10-8-19(9-11-20)32-27(37)16-42-30-34-22-6-4-3-5-21(22)28-33-23(29(38)35(28)30)14-26(36)31-15-18-7-12-24-25(13-18)41-17-40-24/h3-13,23H,2,14-17H2,1H3,(H,31,36)(H,32,37)/t23-/m0/s1. The summed E-state index contributed by atoms with van der Waals surface area (Å²) < 4.78 is 16.2. The first-order valence-electron chi connectivity index (χ1n) is 13.4. The Kier molecular flexibility index (Phi) is 7.78. The van der Waals surface area contributed by atoms with Crippen LogP contribution < -0.4 is 24.8 Å². The fourth-order valence-corrected chi connectivity index (χ4v) is 5.46. The van der Waals surface area contributed by atoms with Crippen molar-refractivity contribution in [1.82, 2.24) is 10.2 Å². The Hall–Kier alpha value is -4.84. The largest absolute Gasteiger partial charge is 0.494 e. The van der Waals surface area contributed by atoms with Gasteiger partial charge in [-0.3, -0.25) is 19.4 Å². The number of fused-ring (bicyclic) bond motifs is 4. The highest BCUT2D eigenvalue weighted by Crippen LogP contribution is 2.35. The molecule has 214 valence electrons. The second-order valence-corrected chi connectivity index (χ2v) is 10.5. The number of nitrogens with zero attached hydrogens (tertiary/aromatic N) is 3. The van der Waals surface area contributed by atoms with Gasteiger partial charge in [-0.1, -0.05) is 30.0 Å². The van der Waals surface area contributed by atoms with Gasteiger partial charge in [-0.05, 0) is 61.0 Å². The minimum atomic E-state index is -0.911. The number of para-hydroxylation sites is 1. The molecule has 3 aromatic rings. The van der Waals surface area contributed by atoms with Gasteiger partial charge >= 0.3 is 0 Å². The lowest BCUT2D eigenvalue weighted by molar-refractivity contribution is -0.128. The molecule has 0 saturated heterocycles. The van der Waals surface area contributed by atoms with E-state index in [1.54, 1.807) is 30.3 Å². The van der Waals surface area contributed by atoms with Crippen LogP contribution in [0, 0.1) is 0 Å². The van der Waals surface area contributed by atoms with Crippen LogP contribution in [0.2, 0.25) is 0 Å². The smallest absolute Gasteiger partial charge is 0.259 e. The Morgan fingerprint density at radius 2 is 1.86 bits per heavy atom. The monoisotopic (exact) mass is 585 g/mol. The van der Waals surface area contributed by atoms with Crippen molar-refractivity contribution in [3.05, 3.63) is 77.9 Å². The molecule has 3 aromatic carbocycles. The number of rotatable bonds is 9. The van der Waals surface area contributed by atoms with Crippen molar-refractivity contribution in [1.29, 1.82) is 0 Å². The Balaban J connectivity index is 1.10. The molecule has 12 heteroatoms. The van der Waals surface area contributed by atoms with Crippen LogP contribution in [0.1, 0.15) is 24.5 Å². The normalized spacial score (nSPS) is 16.3. The van der Waals surface area contributed by atoms with E-state index < -0.39 is 6.04 Å². The first-order valence-corrected chi connectivity index (χ1v) is 14.4. The lowest BCUT2D eigenvalue weighted by atomic mass is 10.1. The molecule has 2 N–H and O–H groups in total. The molecule has 3 aliphatic heterocycles. The number of carbonyl (C=O) groups is 3. The van der Waals surface area contributed by atoms with Crippen LogP contribution in [0.15, 0.2) is 76.7 Å². The average molecular weight is 586 g/mol. The van der Waals surface area contributed by atoms with E-state index >= 15 is 0 Å². The molecule has 1 atom stereocenters. The van der Waals surface area contributed by atoms with Crippen molar-refractivity contribution in [3.8, 4) is 17.2 Å². The quantitative estimate of drug-likeness (QED) is 0.390. The molecule has 3 heterocycles. The van der Waals surface area contributed by atoms with E-state index in [9.17, 15) is 14.4 Å². The molecule has 0 aliphatic carbocycles. The first-order chi connectivity index (χ1) is 20.5. The summed E-state index contributed by atoms with van der Waals surface area (Å²) in [5.74, 6) is 1.52. The Labute approximate surface area is 246 Å². The summed E-state index contributed by atoms with van der Waals surface area (Å²) in [6.07, 6.45) is -0.123. The number of carbonyl (C=O) groups excluding carboxylic acids is 3. The number of benzene rings is 3. The number of ether oxygens (including phenoxy) is 3. The van der Waals surface area contributed by atoms with Gasteiger partial charge in [0.1, 0.15) is 17.6 Å². The predicted molar refractivity (Wildman–Crippen MR) is 158 cm³/mol. The lowest BCUT2D eigenvalue weighted by Crippen LogP contribution is -2.42. The van der Waals surface area contributed by atoms with E-state index in [1.165, 1.54) is 4.90 Å². The fraction of sp³-hybridized carbons (Fsp3) is 0.233. The van der Waals surface area contributed by atoms with Crippen LogP contribution in [0.25, 0.3) is 0 Å². The topological polar surface area (TPSA) is 131 Å². The Morgan fingerprint density at radius 1 is 1.05 bits per heavy atom. The van der Waals surface area contributed by atoms with Crippen LogP contribution >= 0.6 is 11.8 Å². The van der Waals surface area contributed by atoms with Crippen LogP contribution in [0.3, 0.4) is 0 Å². The molecule has 6 rings (SSSR count). The number of thioether (sulfide) groups is 1. The zero-order valence-electron chi connectivity index (χ0n) is 22.7. The number of amides is 3. The third kappa shape index (κ3) is 5.79. The summed E-state index contributed by atoms with van der Waals surface area (Å²) >= 11 is 1.13. The average Bonchev–Trinajstić information content (AvgIpc) is 3.60. The van der Waals surface area contributed by atoms with Crippen molar-refractivity contribution in [2.45, 2.75) is 25.9 Å². The molecular formula is C30H27N5O6S. The molecule has 0 saturated carbocycles. The van der Waals surface area contributed by atoms with Crippen molar-refractivity contribution >= 4 is 51.9 Å². The maximum absolute atomic E-state index is 13.5. The summed E-state index contributed by atoms with van der Waals surface area (Å²) in [5, 5.41) is 6.03. The minimum absolute atomic E-state index is 0.0198. The molecule has 0 radical (unpaired) electrons. The van der Waals surface area contributed by atoms with Crippen molar-refractivity contribution in [2.24, 2.45) is 9.98 Å². The molecule has 0 unspecified atom stereocenters. The highest BCUT2D eigenvalue weighted by molar-refractivity contribution is 8.14. The van der Waals surface area contributed by atoms with Gasteiger partial charge in [0.05, 0.1) is 24.5 Å². The summed E-state index contributed by atoms with van der Waals surface area (Å²) in [6.45, 7) is 2.90. The highest BCUT2D eigenvalue weighted by Gasteiger charge is 2.42. The molecular weight excluding hydrogens is 558 g/mol. The Bertz CT molecular complexity index is 1610. The molecule has 42 heavy (non-hydrogen) atoms. The van der Waals surface area contributed by atoms with Gasteiger partial charge in [0.2, 0.25) is 18.6 Å². The van der Waals surface area contributed by atoms with E-state index in [1.807, 2.05) is 43.3 Å². The molecule has 0 spiro atoms. The Morgan fingerprint density at radius 3 is 2.69 bits per heavy atom. The van der Waals surface area contributed by atoms with E-state index in [-0.39, 0.29) is 43.2 Å². The van der Waals surface area contributed by atoms with Crippen LogP contribution in [0.4, 0.5) is 11.4 Å². The summed E-state index contributed by atoms with van der Waals surface area (Å²) in [5.41, 5.74) is 2.81. The van der Waals surface area contributed by atoms with Crippen molar-refractivity contribution in [2.75, 3.05) is 24.5 Å². The van der Waals surface area contributed by atoms with Gasteiger partial charge < -0.3 is 24.8 Å². The van der Waals surface area contributed by atoms with Crippen molar-refractivity contribution < 1.29 is 28.6 Å². The van der Waals surface area contributed by atoms with Crippen molar-refractivity contribution in [3.63, 3.8) is 0 Å². The number of hydrogen-bond donors (Lipinski definition) is 2. The van der Waals surface area contributed by atoms with E-state index in [4.69, 9.17) is 14.2 Å². The molecule has 0 fully saturated rings. The number of hydrogen-bond acceptors (Lipinski definition) is 9. The maximum atomic E-state index is 13.5. The number of aliphatic imine (C=N–C) groups is 2. The van der Waals surface area contributed by atoms with Gasteiger partial charge in [0, 0.05) is 17.8 Å². The summed E-state index contributed by atoms with van der Waals surface area (Å²) in [4.78, 5) is 49.8. The SMILES string of the molecule is CCOc1ccc(NC(=O)CSC2=Nc3ccccc3C3=N[C@@H](CC(=O)NCc4ccc5c(c4)OCO5)C(=O)N23)cc1. The fourth-order valence-electron chi connectivity index (χ4n) is 4.66. The second kappa shape index (κ2) is 12.0. The molecule has 3 amide bonds. The third-order valence-corrected chi connectivity index (χ3v) is 7.57. The third-order valence-electron chi connectivity index (χ3n) is 6.63. The highest BCUT2D eigenvalue weighted by atomic mass is 32.2. The van der Waals surface area contributed by atoms with Gasteiger partial charge in [0.25, 0.3) is 5.91 Å². The maximum Gasteiger partial charge on any atom is 0.259 e. The zero-order valence-corrected chi connectivity index (χ0v) is 23.5.